The van der Waals surface area contributed by atoms with Crippen LogP contribution < -0.4 is 10.0 Å². The summed E-state index contributed by atoms with van der Waals surface area (Å²) in [5, 5.41) is 5.98. The Bertz CT molecular complexity index is 1110. The third-order valence-electron chi connectivity index (χ3n) is 4.68. The number of aryl methyl sites for hydroxylation is 1. The van der Waals surface area contributed by atoms with Crippen molar-refractivity contribution in [2.24, 2.45) is 0 Å². The number of carbonyl (C=O) groups is 1. The lowest BCUT2D eigenvalue weighted by molar-refractivity contribution is -0.121. The largest absolute Gasteiger partial charge is 0.359 e. The van der Waals surface area contributed by atoms with E-state index in [2.05, 4.69) is 15.0 Å². The molecule has 0 bridgehead atoms. The molecule has 1 amide bonds. The maximum atomic E-state index is 12.7. The molecule has 1 heterocycles. The number of hydrogen-bond donors (Lipinski definition) is 2. The maximum absolute atomic E-state index is 12.7. The molecule has 9 heteroatoms. The van der Waals surface area contributed by atoms with Gasteiger partial charge in [-0.15, -0.1) is 11.3 Å². The van der Waals surface area contributed by atoms with Gasteiger partial charge in [-0.2, -0.15) is 8.42 Å². The molecule has 0 saturated carbocycles. The third kappa shape index (κ3) is 7.15. The average molecular weight is 474 g/mol. The van der Waals surface area contributed by atoms with Gasteiger partial charge in [-0.3, -0.25) is 13.7 Å². The second-order valence-corrected chi connectivity index (χ2v) is 9.41. The molecule has 3 rings (SSSR count). The van der Waals surface area contributed by atoms with Crippen molar-refractivity contribution >= 4 is 33.2 Å². The third-order valence-corrected chi connectivity index (χ3v) is 6.72. The summed E-state index contributed by atoms with van der Waals surface area (Å²) in [4.78, 5) is 17.4. The number of anilines is 1. The lowest BCUT2D eigenvalue weighted by Crippen LogP contribution is -2.31. The average Bonchev–Trinajstić information content (AvgIpc) is 3.24. The Hall–Kier alpha value is -2.75. The molecule has 7 nitrogen and oxygen atoms in total. The van der Waals surface area contributed by atoms with Crippen molar-refractivity contribution in [3.8, 4) is 0 Å². The van der Waals surface area contributed by atoms with E-state index >= 15 is 0 Å². The van der Waals surface area contributed by atoms with E-state index in [-0.39, 0.29) is 18.6 Å². The van der Waals surface area contributed by atoms with Gasteiger partial charge in [-0.25, -0.2) is 4.98 Å². The van der Waals surface area contributed by atoms with E-state index in [1.807, 2.05) is 54.8 Å². The number of nitrogens with one attached hydrogen (secondary N) is 2. The SMILES string of the molecule is CCOS(=O)(=O)Nc1ccc(C[C@H](NC(=O)Cc2ccccc2)c2nc(CC)cs2)cc1. The van der Waals surface area contributed by atoms with E-state index in [1.54, 1.807) is 19.1 Å². The maximum Gasteiger partial charge on any atom is 0.359 e. The van der Waals surface area contributed by atoms with Crippen LogP contribution in [-0.4, -0.2) is 25.9 Å². The van der Waals surface area contributed by atoms with Gasteiger partial charge in [0.05, 0.1) is 30.5 Å². The van der Waals surface area contributed by atoms with Gasteiger partial charge < -0.3 is 5.32 Å². The quantitative estimate of drug-likeness (QED) is 0.438. The molecule has 0 aliphatic carbocycles. The number of hydrogen-bond acceptors (Lipinski definition) is 6. The van der Waals surface area contributed by atoms with Gasteiger partial charge in [-0.05, 0) is 43.0 Å². The summed E-state index contributed by atoms with van der Waals surface area (Å²) < 4.78 is 30.6. The fraction of sp³-hybridized carbons (Fsp3) is 0.304. The highest BCUT2D eigenvalue weighted by Gasteiger charge is 2.19. The van der Waals surface area contributed by atoms with E-state index in [4.69, 9.17) is 4.18 Å². The van der Waals surface area contributed by atoms with Crippen molar-refractivity contribution in [1.29, 1.82) is 0 Å². The minimum atomic E-state index is -3.82. The molecule has 32 heavy (non-hydrogen) atoms. The number of aromatic nitrogens is 1. The molecule has 1 aromatic heterocycles. The summed E-state index contributed by atoms with van der Waals surface area (Å²) >= 11 is 1.53. The molecular weight excluding hydrogens is 446 g/mol. The number of carbonyl (C=O) groups excluding carboxylic acids is 1. The Morgan fingerprint density at radius 3 is 2.41 bits per heavy atom. The number of rotatable bonds is 11. The predicted octanol–water partition coefficient (Wildman–Crippen LogP) is 4.04. The molecule has 170 valence electrons. The number of benzene rings is 2. The fourth-order valence-electron chi connectivity index (χ4n) is 3.15. The molecule has 2 aromatic carbocycles. The zero-order chi connectivity index (χ0) is 23.0. The van der Waals surface area contributed by atoms with Crippen LogP contribution in [0, 0.1) is 0 Å². The molecular formula is C23H27N3O4S2. The molecule has 0 fully saturated rings. The lowest BCUT2D eigenvalue weighted by Gasteiger charge is -2.17. The number of thiazole rings is 1. The summed E-state index contributed by atoms with van der Waals surface area (Å²) in [6.45, 7) is 3.71. The molecule has 0 saturated heterocycles. The second-order valence-electron chi connectivity index (χ2n) is 7.18. The van der Waals surface area contributed by atoms with Crippen LogP contribution in [-0.2, 0) is 38.5 Å². The minimum Gasteiger partial charge on any atom is -0.346 e. The summed E-state index contributed by atoms with van der Waals surface area (Å²) in [6.07, 6.45) is 1.66. The highest BCUT2D eigenvalue weighted by Crippen LogP contribution is 2.24. The summed E-state index contributed by atoms with van der Waals surface area (Å²) in [6, 6.07) is 16.3. The Morgan fingerprint density at radius 2 is 1.78 bits per heavy atom. The first kappa shape index (κ1) is 23.9. The van der Waals surface area contributed by atoms with E-state index in [0.717, 1.165) is 28.2 Å². The van der Waals surface area contributed by atoms with Crippen LogP contribution in [0.2, 0.25) is 0 Å². The van der Waals surface area contributed by atoms with Crippen molar-refractivity contribution in [2.75, 3.05) is 11.3 Å². The fourth-order valence-corrected chi connectivity index (χ4v) is 4.89. The Labute approximate surface area is 193 Å². The zero-order valence-electron chi connectivity index (χ0n) is 18.1. The second kappa shape index (κ2) is 11.2. The summed E-state index contributed by atoms with van der Waals surface area (Å²) in [5.41, 5.74) is 3.30. The summed E-state index contributed by atoms with van der Waals surface area (Å²) in [5.74, 6) is -0.0736. The van der Waals surface area contributed by atoms with Crippen LogP contribution in [0.5, 0.6) is 0 Å². The van der Waals surface area contributed by atoms with Gasteiger partial charge in [0, 0.05) is 5.38 Å². The molecule has 0 radical (unpaired) electrons. The van der Waals surface area contributed by atoms with Crippen molar-refractivity contribution in [2.45, 2.75) is 39.2 Å². The Kier molecular flexibility index (Phi) is 8.38. The van der Waals surface area contributed by atoms with Crippen LogP contribution in [0.1, 0.15) is 41.7 Å². The topological polar surface area (TPSA) is 97.4 Å². The van der Waals surface area contributed by atoms with E-state index in [0.29, 0.717) is 18.5 Å². The van der Waals surface area contributed by atoms with Gasteiger partial charge in [0.15, 0.2) is 0 Å². The van der Waals surface area contributed by atoms with Gasteiger partial charge in [0.2, 0.25) is 5.91 Å². The highest BCUT2D eigenvalue weighted by molar-refractivity contribution is 7.88. The van der Waals surface area contributed by atoms with E-state index in [1.165, 1.54) is 11.3 Å². The molecule has 0 spiro atoms. The van der Waals surface area contributed by atoms with Crippen LogP contribution in [0.15, 0.2) is 60.0 Å². The first-order valence-electron chi connectivity index (χ1n) is 10.4. The number of amides is 1. The number of nitrogens with zero attached hydrogens (tertiary/aromatic N) is 1. The summed E-state index contributed by atoms with van der Waals surface area (Å²) in [7, 11) is -3.82. The normalized spacial score (nSPS) is 12.3. The molecule has 0 aliphatic heterocycles. The van der Waals surface area contributed by atoms with Gasteiger partial charge in [0.1, 0.15) is 5.01 Å². The monoisotopic (exact) mass is 473 g/mol. The highest BCUT2D eigenvalue weighted by atomic mass is 32.2. The molecule has 3 aromatic rings. The van der Waals surface area contributed by atoms with Gasteiger partial charge in [0.25, 0.3) is 0 Å². The molecule has 0 unspecified atom stereocenters. The molecule has 0 aliphatic rings. The van der Waals surface area contributed by atoms with Crippen molar-refractivity contribution < 1.29 is 17.4 Å². The van der Waals surface area contributed by atoms with E-state index in [9.17, 15) is 13.2 Å². The van der Waals surface area contributed by atoms with Crippen LogP contribution >= 0.6 is 11.3 Å². The Balaban J connectivity index is 1.73. The van der Waals surface area contributed by atoms with Gasteiger partial charge in [-0.1, -0.05) is 49.4 Å². The van der Waals surface area contributed by atoms with Crippen molar-refractivity contribution in [3.63, 3.8) is 0 Å². The first-order chi connectivity index (χ1) is 15.4. The van der Waals surface area contributed by atoms with Crippen LogP contribution in [0.4, 0.5) is 5.69 Å². The van der Waals surface area contributed by atoms with E-state index < -0.39 is 10.3 Å². The standard InChI is InChI=1S/C23H27N3O4S2/c1-3-19-16-31-23(24-19)21(25-22(27)15-17-8-6-5-7-9-17)14-18-10-12-20(13-11-18)26-32(28,29)30-4-2/h5-13,16,21,26H,3-4,14-15H2,1-2H3,(H,25,27)/t21-/m0/s1. The molecule has 1 atom stereocenters. The lowest BCUT2D eigenvalue weighted by atomic mass is 10.0. The van der Waals surface area contributed by atoms with Crippen LogP contribution in [0.3, 0.4) is 0 Å². The predicted molar refractivity (Wildman–Crippen MR) is 127 cm³/mol. The Morgan fingerprint density at radius 1 is 1.06 bits per heavy atom. The smallest absolute Gasteiger partial charge is 0.346 e. The van der Waals surface area contributed by atoms with Crippen LogP contribution in [0.25, 0.3) is 0 Å². The van der Waals surface area contributed by atoms with Crippen molar-refractivity contribution in [3.05, 3.63) is 81.8 Å². The zero-order valence-corrected chi connectivity index (χ0v) is 19.7. The minimum absolute atomic E-state index is 0.0609. The molecule has 2 N–H and O–H groups in total. The first-order valence-corrected chi connectivity index (χ1v) is 12.7. The van der Waals surface area contributed by atoms with Crippen molar-refractivity contribution in [1.82, 2.24) is 10.3 Å². The van der Waals surface area contributed by atoms with Gasteiger partial charge >= 0.3 is 10.3 Å².